The average Bonchev–Trinajstić information content (AvgIpc) is 2.34. The molecule has 2 rings (SSSR count). The Morgan fingerprint density at radius 2 is 2.45 bits per heavy atom. The fourth-order valence-electron chi connectivity index (χ4n) is 1.31. The summed E-state index contributed by atoms with van der Waals surface area (Å²) in [5, 5.41) is 2.73. The molecule has 0 saturated heterocycles. The Morgan fingerprint density at radius 1 is 1.64 bits per heavy atom. The summed E-state index contributed by atoms with van der Waals surface area (Å²) in [6.07, 6.45) is 1.84. The van der Waals surface area contributed by atoms with Crippen LogP contribution < -0.4 is 11.1 Å². The second-order valence-electron chi connectivity index (χ2n) is 2.57. The lowest BCUT2D eigenvalue weighted by atomic mass is 10.3. The number of aromatic nitrogens is 1. The number of nitrogen functional groups attached to an aromatic ring is 1. The van der Waals surface area contributed by atoms with Gasteiger partial charge in [0.15, 0.2) is 0 Å². The van der Waals surface area contributed by atoms with E-state index in [-0.39, 0.29) is 5.91 Å². The molecular formula is C7H9N3O. The van der Waals surface area contributed by atoms with Crippen LogP contribution >= 0.6 is 0 Å². The Labute approximate surface area is 64.0 Å². The molecule has 0 saturated carbocycles. The number of carbonyl (C=O) groups excluding carboxylic acids is 1. The van der Waals surface area contributed by atoms with Gasteiger partial charge >= 0.3 is 0 Å². The number of nitrogens with zero attached hydrogens (tertiary/aromatic N) is 1. The van der Waals surface area contributed by atoms with Gasteiger partial charge in [-0.15, -0.1) is 0 Å². The van der Waals surface area contributed by atoms with Crippen molar-refractivity contribution < 1.29 is 4.79 Å². The van der Waals surface area contributed by atoms with Crippen LogP contribution in [0.5, 0.6) is 0 Å². The topological polar surface area (TPSA) is 60.0 Å². The average molecular weight is 151 g/mol. The summed E-state index contributed by atoms with van der Waals surface area (Å²) in [6, 6.07) is 1.75. The quantitative estimate of drug-likeness (QED) is 0.540. The lowest BCUT2D eigenvalue weighted by molar-refractivity contribution is 0.0929. The molecule has 1 aromatic rings. The van der Waals surface area contributed by atoms with Gasteiger partial charge in [-0.25, -0.2) is 0 Å². The predicted octanol–water partition coefficient (Wildman–Crippen LogP) is -0.186. The number of rotatable bonds is 0. The van der Waals surface area contributed by atoms with E-state index in [1.165, 1.54) is 0 Å². The van der Waals surface area contributed by atoms with Gasteiger partial charge in [-0.3, -0.25) is 4.79 Å². The number of nitrogens with two attached hydrogens (primary N) is 1. The smallest absolute Gasteiger partial charge is 0.270 e. The molecule has 0 atom stereocenters. The number of anilines is 1. The van der Waals surface area contributed by atoms with Crippen LogP contribution in [0.3, 0.4) is 0 Å². The normalized spacial score (nSPS) is 15.8. The molecule has 4 heteroatoms. The Kier molecular flexibility index (Phi) is 1.15. The zero-order valence-electron chi connectivity index (χ0n) is 6.00. The summed E-state index contributed by atoms with van der Waals surface area (Å²) in [7, 11) is 0. The highest BCUT2D eigenvalue weighted by molar-refractivity contribution is 5.98. The van der Waals surface area contributed by atoms with Gasteiger partial charge in [0, 0.05) is 19.3 Å². The number of hydrogen-bond donors (Lipinski definition) is 2. The molecule has 0 unspecified atom stereocenters. The van der Waals surface area contributed by atoms with E-state index in [2.05, 4.69) is 5.32 Å². The van der Waals surface area contributed by atoms with Gasteiger partial charge < -0.3 is 15.6 Å². The van der Waals surface area contributed by atoms with Crippen LogP contribution in [0, 0.1) is 0 Å². The molecule has 0 aromatic carbocycles. The lowest BCUT2D eigenvalue weighted by Crippen LogP contribution is -2.35. The highest BCUT2D eigenvalue weighted by Gasteiger charge is 2.18. The molecule has 0 bridgehead atoms. The Balaban J connectivity index is 2.56. The first-order valence-corrected chi connectivity index (χ1v) is 3.52. The van der Waals surface area contributed by atoms with E-state index in [0.29, 0.717) is 17.9 Å². The predicted molar refractivity (Wildman–Crippen MR) is 41.2 cm³/mol. The monoisotopic (exact) mass is 151 g/mol. The summed E-state index contributed by atoms with van der Waals surface area (Å²) >= 11 is 0. The molecule has 1 aliphatic heterocycles. The van der Waals surface area contributed by atoms with E-state index in [9.17, 15) is 4.79 Å². The van der Waals surface area contributed by atoms with Crippen molar-refractivity contribution in [3.8, 4) is 0 Å². The van der Waals surface area contributed by atoms with Crippen molar-refractivity contribution in [2.24, 2.45) is 0 Å². The number of amides is 1. The van der Waals surface area contributed by atoms with Crippen LogP contribution in [0.1, 0.15) is 10.5 Å². The highest BCUT2D eigenvalue weighted by Crippen LogP contribution is 2.14. The van der Waals surface area contributed by atoms with Crippen LogP contribution in [-0.4, -0.2) is 17.0 Å². The summed E-state index contributed by atoms with van der Waals surface area (Å²) in [6.45, 7) is 1.51. The maximum atomic E-state index is 11.2. The molecular weight excluding hydrogens is 142 g/mol. The summed E-state index contributed by atoms with van der Waals surface area (Å²) in [5.74, 6) is -0.0706. The Morgan fingerprint density at radius 3 is 3.18 bits per heavy atom. The van der Waals surface area contributed by atoms with Gasteiger partial charge in [-0.05, 0) is 6.07 Å². The SMILES string of the molecule is Nc1ccn2c1C(=O)NCC2. The first-order chi connectivity index (χ1) is 5.29. The van der Waals surface area contributed by atoms with Gasteiger partial charge in [0.2, 0.25) is 0 Å². The van der Waals surface area contributed by atoms with E-state index in [1.807, 2.05) is 10.8 Å². The largest absolute Gasteiger partial charge is 0.397 e. The van der Waals surface area contributed by atoms with Crippen LogP contribution in [0.2, 0.25) is 0 Å². The lowest BCUT2D eigenvalue weighted by Gasteiger charge is -2.15. The summed E-state index contributed by atoms with van der Waals surface area (Å²) < 4.78 is 1.87. The fourth-order valence-corrected chi connectivity index (χ4v) is 1.31. The molecule has 1 amide bonds. The van der Waals surface area contributed by atoms with Crippen molar-refractivity contribution >= 4 is 11.6 Å². The molecule has 0 fully saturated rings. The van der Waals surface area contributed by atoms with E-state index in [4.69, 9.17) is 5.73 Å². The van der Waals surface area contributed by atoms with E-state index < -0.39 is 0 Å². The standard InChI is InChI=1S/C7H9N3O/c8-5-1-3-10-4-2-9-7(11)6(5)10/h1,3H,2,4,8H2,(H,9,11). The minimum Gasteiger partial charge on any atom is -0.397 e. The molecule has 1 aromatic heterocycles. The number of nitrogens with one attached hydrogen (secondary N) is 1. The van der Waals surface area contributed by atoms with Crippen molar-refractivity contribution in [1.29, 1.82) is 0 Å². The minimum atomic E-state index is -0.0706. The molecule has 0 aliphatic carbocycles. The van der Waals surface area contributed by atoms with Crippen LogP contribution in [-0.2, 0) is 6.54 Å². The Hall–Kier alpha value is -1.45. The van der Waals surface area contributed by atoms with Crippen molar-refractivity contribution in [1.82, 2.24) is 9.88 Å². The van der Waals surface area contributed by atoms with Crippen LogP contribution in [0.25, 0.3) is 0 Å². The third-order valence-electron chi connectivity index (χ3n) is 1.85. The molecule has 4 nitrogen and oxygen atoms in total. The van der Waals surface area contributed by atoms with Crippen molar-refractivity contribution in [2.75, 3.05) is 12.3 Å². The van der Waals surface area contributed by atoms with Crippen LogP contribution in [0.4, 0.5) is 5.69 Å². The van der Waals surface area contributed by atoms with E-state index >= 15 is 0 Å². The second kappa shape index (κ2) is 2.02. The molecule has 58 valence electrons. The maximum Gasteiger partial charge on any atom is 0.270 e. The molecule has 3 N–H and O–H groups in total. The first kappa shape index (κ1) is 6.27. The van der Waals surface area contributed by atoms with Crippen molar-refractivity contribution in [3.63, 3.8) is 0 Å². The molecule has 11 heavy (non-hydrogen) atoms. The van der Waals surface area contributed by atoms with Gasteiger partial charge in [0.1, 0.15) is 5.69 Å². The maximum absolute atomic E-state index is 11.2. The second-order valence-corrected chi connectivity index (χ2v) is 2.57. The first-order valence-electron chi connectivity index (χ1n) is 3.52. The van der Waals surface area contributed by atoms with Gasteiger partial charge in [0.25, 0.3) is 5.91 Å². The number of fused-ring (bicyclic) bond motifs is 1. The minimum absolute atomic E-state index is 0.0706. The molecule has 1 aliphatic rings. The molecule has 0 spiro atoms. The van der Waals surface area contributed by atoms with Gasteiger partial charge in [-0.2, -0.15) is 0 Å². The third-order valence-corrected chi connectivity index (χ3v) is 1.85. The van der Waals surface area contributed by atoms with Crippen molar-refractivity contribution in [3.05, 3.63) is 18.0 Å². The van der Waals surface area contributed by atoms with E-state index in [0.717, 1.165) is 6.54 Å². The van der Waals surface area contributed by atoms with E-state index in [1.54, 1.807) is 6.07 Å². The number of hydrogen-bond acceptors (Lipinski definition) is 2. The fraction of sp³-hybridized carbons (Fsp3) is 0.286. The zero-order valence-corrected chi connectivity index (χ0v) is 6.00. The Bertz CT molecular complexity index is 303. The summed E-state index contributed by atoms with van der Waals surface area (Å²) in [5.41, 5.74) is 6.72. The van der Waals surface area contributed by atoms with Crippen molar-refractivity contribution in [2.45, 2.75) is 6.54 Å². The summed E-state index contributed by atoms with van der Waals surface area (Å²) in [4.78, 5) is 11.2. The highest BCUT2D eigenvalue weighted by atomic mass is 16.2. The molecule has 0 radical (unpaired) electrons. The zero-order chi connectivity index (χ0) is 7.84. The van der Waals surface area contributed by atoms with Gasteiger partial charge in [0.05, 0.1) is 5.69 Å². The van der Waals surface area contributed by atoms with Gasteiger partial charge in [-0.1, -0.05) is 0 Å². The number of carbonyl (C=O) groups is 1. The third kappa shape index (κ3) is 0.790. The molecule has 2 heterocycles. The van der Waals surface area contributed by atoms with Crippen LogP contribution in [0.15, 0.2) is 12.3 Å².